The van der Waals surface area contributed by atoms with Gasteiger partial charge in [-0.15, -0.1) is 0 Å². The Labute approximate surface area is 138 Å². The lowest BCUT2D eigenvalue weighted by atomic mass is 10.0. The third-order valence-corrected chi connectivity index (χ3v) is 4.20. The largest absolute Gasteiger partial charge is 0.364 e. The van der Waals surface area contributed by atoms with Gasteiger partial charge in [0.2, 0.25) is 5.91 Å². The zero-order valence-corrected chi connectivity index (χ0v) is 14.5. The molecule has 2 rings (SSSR count). The van der Waals surface area contributed by atoms with Crippen LogP contribution in [0.2, 0.25) is 0 Å². The number of anilines is 1. The first kappa shape index (κ1) is 17.3. The number of pyridine rings is 1. The van der Waals surface area contributed by atoms with Crippen LogP contribution in [0.15, 0.2) is 12.1 Å². The minimum atomic E-state index is 0.0193. The number of amides is 1. The molecule has 1 aromatic rings. The molecule has 1 aliphatic heterocycles. The second-order valence-electron chi connectivity index (χ2n) is 6.82. The maximum Gasteiger partial charge on any atom is 0.225 e. The van der Waals surface area contributed by atoms with Crippen LogP contribution in [0.25, 0.3) is 0 Å². The van der Waals surface area contributed by atoms with Gasteiger partial charge in [-0.25, -0.2) is 4.98 Å². The Kier molecular flexibility index (Phi) is 5.59. The van der Waals surface area contributed by atoms with Crippen molar-refractivity contribution < 1.29 is 4.79 Å². The molecule has 124 valence electrons. The molecule has 1 aromatic heterocycles. The molecule has 1 fully saturated rings. The van der Waals surface area contributed by atoms with Crippen molar-refractivity contribution in [3.8, 4) is 6.07 Å². The van der Waals surface area contributed by atoms with Crippen molar-refractivity contribution in [2.24, 2.45) is 5.92 Å². The Morgan fingerprint density at radius 3 is 2.74 bits per heavy atom. The van der Waals surface area contributed by atoms with Gasteiger partial charge in [0, 0.05) is 30.7 Å². The molecule has 2 heterocycles. The van der Waals surface area contributed by atoms with E-state index in [1.165, 1.54) is 0 Å². The summed E-state index contributed by atoms with van der Waals surface area (Å²) in [7, 11) is 0. The first-order chi connectivity index (χ1) is 10.9. The van der Waals surface area contributed by atoms with Crippen molar-refractivity contribution >= 4 is 11.7 Å². The van der Waals surface area contributed by atoms with Gasteiger partial charge in [-0.2, -0.15) is 5.26 Å². The number of nitriles is 1. The molecule has 0 aromatic carbocycles. The Balaban J connectivity index is 2.13. The van der Waals surface area contributed by atoms with Crippen LogP contribution in [-0.2, 0) is 4.79 Å². The number of carbonyl (C=O) groups is 1. The van der Waals surface area contributed by atoms with Crippen LogP contribution >= 0.6 is 0 Å². The Bertz CT molecular complexity index is 604. The summed E-state index contributed by atoms with van der Waals surface area (Å²) in [4.78, 5) is 18.7. The minimum Gasteiger partial charge on any atom is -0.364 e. The van der Waals surface area contributed by atoms with E-state index in [-0.39, 0.29) is 17.9 Å². The number of carbonyl (C=O) groups excluding carboxylic acids is 1. The maximum atomic E-state index is 12.2. The molecule has 1 aliphatic rings. The van der Waals surface area contributed by atoms with E-state index in [0.717, 1.165) is 25.1 Å². The minimum absolute atomic E-state index is 0.0193. The summed E-state index contributed by atoms with van der Waals surface area (Å²) in [6.07, 6.45) is 1.96. The van der Waals surface area contributed by atoms with Crippen LogP contribution in [0.4, 0.5) is 5.82 Å². The normalized spacial score (nSPS) is 18.1. The molecule has 0 spiro atoms. The van der Waals surface area contributed by atoms with Crippen LogP contribution < -0.4 is 5.32 Å². The second kappa shape index (κ2) is 7.45. The number of likely N-dealkylation sites (tertiary alicyclic amines) is 1. The zero-order chi connectivity index (χ0) is 17.0. The molecular weight excluding hydrogens is 288 g/mol. The van der Waals surface area contributed by atoms with E-state index in [0.29, 0.717) is 23.8 Å². The van der Waals surface area contributed by atoms with Crippen molar-refractivity contribution in [3.63, 3.8) is 0 Å². The Hall–Kier alpha value is -2.09. The van der Waals surface area contributed by atoms with E-state index < -0.39 is 0 Å². The van der Waals surface area contributed by atoms with Gasteiger partial charge in [0.1, 0.15) is 11.9 Å². The van der Waals surface area contributed by atoms with E-state index >= 15 is 0 Å². The molecule has 23 heavy (non-hydrogen) atoms. The van der Waals surface area contributed by atoms with Gasteiger partial charge in [0.15, 0.2) is 0 Å². The summed E-state index contributed by atoms with van der Waals surface area (Å²) < 4.78 is 0. The molecule has 0 radical (unpaired) electrons. The lowest BCUT2D eigenvalue weighted by molar-refractivity contribution is -0.135. The Morgan fingerprint density at radius 1 is 1.39 bits per heavy atom. The van der Waals surface area contributed by atoms with Crippen molar-refractivity contribution in [2.75, 3.05) is 18.4 Å². The molecule has 1 N–H and O–H groups in total. The second-order valence-corrected chi connectivity index (χ2v) is 6.82. The molecule has 0 saturated carbocycles. The highest BCUT2D eigenvalue weighted by atomic mass is 16.2. The average Bonchev–Trinajstić information content (AvgIpc) is 2.54. The van der Waals surface area contributed by atoms with Crippen LogP contribution in [0.3, 0.4) is 0 Å². The van der Waals surface area contributed by atoms with Crippen LogP contribution in [-0.4, -0.2) is 34.9 Å². The number of piperidine rings is 1. The van der Waals surface area contributed by atoms with Gasteiger partial charge in [-0.3, -0.25) is 4.79 Å². The van der Waals surface area contributed by atoms with Crippen molar-refractivity contribution in [1.29, 1.82) is 5.26 Å². The highest BCUT2D eigenvalue weighted by molar-refractivity contribution is 5.78. The van der Waals surface area contributed by atoms with Gasteiger partial charge < -0.3 is 10.2 Å². The number of hydrogen-bond donors (Lipinski definition) is 1. The molecule has 1 saturated heterocycles. The third kappa shape index (κ3) is 4.22. The first-order valence-corrected chi connectivity index (χ1v) is 8.38. The quantitative estimate of drug-likeness (QED) is 0.927. The predicted molar refractivity (Wildman–Crippen MR) is 91.1 cm³/mol. The molecular formula is C18H26N4O. The van der Waals surface area contributed by atoms with Crippen LogP contribution in [0.5, 0.6) is 0 Å². The first-order valence-electron chi connectivity index (χ1n) is 8.38. The van der Waals surface area contributed by atoms with Crippen LogP contribution in [0, 0.1) is 17.2 Å². The number of nitrogens with one attached hydrogen (secondary N) is 1. The van der Waals surface area contributed by atoms with E-state index in [1.54, 1.807) is 0 Å². The topological polar surface area (TPSA) is 69.0 Å². The summed E-state index contributed by atoms with van der Waals surface area (Å²) >= 11 is 0. The molecule has 1 amide bonds. The van der Waals surface area contributed by atoms with Crippen LogP contribution in [0.1, 0.15) is 57.7 Å². The predicted octanol–water partition coefficient (Wildman–Crippen LogP) is 3.14. The standard InChI is InChI=1S/C18H26N4O/c1-12(2)16-8-7-14(10-19)17(21-16)20-15-6-5-9-22(11-15)18(23)13(3)4/h7-8,12-13,15H,5-6,9,11H2,1-4H3,(H,20,21). The summed E-state index contributed by atoms with van der Waals surface area (Å²) in [6.45, 7) is 9.53. The maximum absolute atomic E-state index is 12.2. The molecule has 0 aliphatic carbocycles. The van der Waals surface area contributed by atoms with Gasteiger partial charge in [0.25, 0.3) is 0 Å². The highest BCUT2D eigenvalue weighted by Gasteiger charge is 2.25. The van der Waals surface area contributed by atoms with Crippen molar-refractivity contribution in [2.45, 2.75) is 52.5 Å². The van der Waals surface area contributed by atoms with E-state index in [9.17, 15) is 10.1 Å². The molecule has 1 atom stereocenters. The third-order valence-electron chi connectivity index (χ3n) is 4.20. The summed E-state index contributed by atoms with van der Waals surface area (Å²) in [5.41, 5.74) is 1.53. The molecule has 5 nitrogen and oxygen atoms in total. The monoisotopic (exact) mass is 314 g/mol. The average molecular weight is 314 g/mol. The number of nitrogens with zero attached hydrogens (tertiary/aromatic N) is 3. The van der Waals surface area contributed by atoms with Crippen molar-refractivity contribution in [3.05, 3.63) is 23.4 Å². The lowest BCUT2D eigenvalue weighted by Crippen LogP contribution is -2.46. The van der Waals surface area contributed by atoms with E-state index in [2.05, 4.69) is 30.2 Å². The fraction of sp³-hybridized carbons (Fsp3) is 0.611. The summed E-state index contributed by atoms with van der Waals surface area (Å²) in [5.74, 6) is 1.17. The number of aromatic nitrogens is 1. The van der Waals surface area contributed by atoms with E-state index in [4.69, 9.17) is 0 Å². The number of hydrogen-bond acceptors (Lipinski definition) is 4. The fourth-order valence-electron chi connectivity index (χ4n) is 2.85. The highest BCUT2D eigenvalue weighted by Crippen LogP contribution is 2.22. The summed E-state index contributed by atoms with van der Waals surface area (Å²) in [5, 5.41) is 12.7. The van der Waals surface area contributed by atoms with Gasteiger partial charge in [-0.05, 0) is 30.9 Å². The van der Waals surface area contributed by atoms with Crippen molar-refractivity contribution in [1.82, 2.24) is 9.88 Å². The summed E-state index contributed by atoms with van der Waals surface area (Å²) in [6, 6.07) is 6.08. The molecule has 1 unspecified atom stereocenters. The molecule has 5 heteroatoms. The zero-order valence-electron chi connectivity index (χ0n) is 14.5. The van der Waals surface area contributed by atoms with Gasteiger partial charge >= 0.3 is 0 Å². The molecule has 0 bridgehead atoms. The number of rotatable bonds is 4. The smallest absolute Gasteiger partial charge is 0.225 e. The van der Waals surface area contributed by atoms with E-state index in [1.807, 2.05) is 30.9 Å². The van der Waals surface area contributed by atoms with Gasteiger partial charge in [-0.1, -0.05) is 27.7 Å². The van der Waals surface area contributed by atoms with Gasteiger partial charge in [0.05, 0.1) is 5.56 Å². The Morgan fingerprint density at radius 2 is 2.13 bits per heavy atom. The fourth-order valence-corrected chi connectivity index (χ4v) is 2.85. The lowest BCUT2D eigenvalue weighted by Gasteiger charge is -2.34. The SMILES string of the molecule is CC(C)C(=O)N1CCCC(Nc2nc(C(C)C)ccc2C#N)C1.